The molecule has 4 aromatic rings. The van der Waals surface area contributed by atoms with Crippen LogP contribution in [0.3, 0.4) is 0 Å². The Labute approximate surface area is 256 Å². The monoisotopic (exact) mass is 609 g/mol. The van der Waals surface area contributed by atoms with Crippen LogP contribution in [-0.4, -0.2) is 52.7 Å². The van der Waals surface area contributed by atoms with Crippen LogP contribution in [0.5, 0.6) is 28.7 Å². The third kappa shape index (κ3) is 9.77. The highest BCUT2D eigenvalue weighted by Crippen LogP contribution is 2.47. The summed E-state index contributed by atoms with van der Waals surface area (Å²) in [5, 5.41) is 3.74. The lowest BCUT2D eigenvalue weighted by molar-refractivity contribution is 0.0510. The maximum Gasteiger partial charge on any atom is 0.407 e. The fourth-order valence-electron chi connectivity index (χ4n) is 4.03. The van der Waals surface area contributed by atoms with E-state index in [1.807, 2.05) is 87.5 Å². The summed E-state index contributed by atoms with van der Waals surface area (Å²) >= 11 is 1.62. The van der Waals surface area contributed by atoms with E-state index in [0.29, 0.717) is 18.9 Å². The van der Waals surface area contributed by atoms with Gasteiger partial charge in [-0.25, -0.2) is 4.79 Å². The van der Waals surface area contributed by atoms with Crippen LogP contribution in [0.4, 0.5) is 4.79 Å². The Balaban J connectivity index is 1.41. The summed E-state index contributed by atoms with van der Waals surface area (Å²) in [6.07, 6.45) is 1.18. The normalized spacial score (nSPS) is 11.3. The van der Waals surface area contributed by atoms with Crippen molar-refractivity contribution in [1.29, 1.82) is 0 Å². The molecule has 0 fully saturated rings. The molecule has 1 aromatic heterocycles. The van der Waals surface area contributed by atoms with Crippen LogP contribution in [0, 0.1) is 0 Å². The van der Waals surface area contributed by atoms with Gasteiger partial charge in [0.05, 0.1) is 11.5 Å². The quantitative estimate of drug-likeness (QED) is 0.107. The number of amides is 1. The largest absolute Gasteiger partial charge is 0.494 e. The number of rotatable bonds is 15. The predicted octanol–water partition coefficient (Wildman–Crippen LogP) is 8.01. The van der Waals surface area contributed by atoms with E-state index in [-0.39, 0.29) is 13.6 Å². The lowest BCUT2D eigenvalue weighted by Gasteiger charge is -2.19. The van der Waals surface area contributed by atoms with Crippen LogP contribution < -0.4 is 24.3 Å². The zero-order chi connectivity index (χ0) is 30.7. The van der Waals surface area contributed by atoms with Crippen LogP contribution in [0.25, 0.3) is 20.5 Å². The maximum atomic E-state index is 11.7. The van der Waals surface area contributed by atoms with Crippen molar-refractivity contribution in [2.45, 2.75) is 39.2 Å². The van der Waals surface area contributed by atoms with Crippen molar-refractivity contribution in [3.05, 3.63) is 66.7 Å². The lowest BCUT2D eigenvalue weighted by atomic mass is 10.1. The molecule has 9 nitrogen and oxygen atoms in total. The van der Waals surface area contributed by atoms with Crippen molar-refractivity contribution >= 4 is 27.5 Å². The Hall–Kier alpha value is -3.99. The number of hydrogen-bond acceptors (Lipinski definition) is 9. The highest BCUT2D eigenvalue weighted by Gasteiger charge is 2.18. The summed E-state index contributed by atoms with van der Waals surface area (Å²) in [5.41, 5.74) is 0.496. The summed E-state index contributed by atoms with van der Waals surface area (Å²) in [4.78, 5) is 12.7. The number of alkyl carbamates (subject to hydrolysis) is 1. The molecule has 0 saturated carbocycles. The minimum Gasteiger partial charge on any atom is -0.494 e. The number of carbonyl (C=O) groups excluding carboxylic acids is 1. The van der Waals surface area contributed by atoms with E-state index in [4.69, 9.17) is 33.2 Å². The highest BCUT2D eigenvalue weighted by molar-refractivity contribution is 7.22. The van der Waals surface area contributed by atoms with Gasteiger partial charge in [0.15, 0.2) is 19.3 Å². The first-order valence-corrected chi connectivity index (χ1v) is 14.9. The minimum absolute atomic E-state index is 0.174. The predicted molar refractivity (Wildman–Crippen MR) is 168 cm³/mol. The SMILES string of the molecule is COCOc1ccc(-c2sc3cc(OCOC)ccc3c2Oc2ccc(OCCCCNC(=O)OC(C)(C)C)cc2)cc1. The average Bonchev–Trinajstić information content (AvgIpc) is 3.34. The van der Waals surface area contributed by atoms with Gasteiger partial charge >= 0.3 is 6.09 Å². The van der Waals surface area contributed by atoms with Crippen molar-refractivity contribution in [2.75, 3.05) is 41.0 Å². The second kappa shape index (κ2) is 15.5. The molecule has 3 aromatic carbocycles. The molecule has 43 heavy (non-hydrogen) atoms. The number of hydrogen-bond donors (Lipinski definition) is 1. The first kappa shape index (κ1) is 31.9. The molecule has 4 rings (SSSR count). The van der Waals surface area contributed by atoms with Gasteiger partial charge < -0.3 is 38.5 Å². The highest BCUT2D eigenvalue weighted by atomic mass is 32.1. The Bertz CT molecular complexity index is 1450. The third-order valence-corrected chi connectivity index (χ3v) is 7.15. The Kier molecular flexibility index (Phi) is 11.5. The van der Waals surface area contributed by atoms with E-state index in [2.05, 4.69) is 5.32 Å². The number of methoxy groups -OCH3 is 2. The molecule has 0 aliphatic rings. The molecule has 0 radical (unpaired) electrons. The second-order valence-corrected chi connectivity index (χ2v) is 11.7. The van der Waals surface area contributed by atoms with Gasteiger partial charge in [-0.05, 0) is 106 Å². The number of ether oxygens (including phenoxy) is 7. The maximum absolute atomic E-state index is 11.7. The molecule has 0 atom stereocenters. The smallest absolute Gasteiger partial charge is 0.407 e. The summed E-state index contributed by atoms with van der Waals surface area (Å²) < 4.78 is 39.9. The van der Waals surface area contributed by atoms with Gasteiger partial charge in [-0.15, -0.1) is 11.3 Å². The van der Waals surface area contributed by atoms with Gasteiger partial charge in [0, 0.05) is 30.9 Å². The van der Waals surface area contributed by atoms with Crippen LogP contribution in [0.1, 0.15) is 33.6 Å². The van der Waals surface area contributed by atoms with Crippen molar-refractivity contribution < 1.29 is 38.0 Å². The van der Waals surface area contributed by atoms with Crippen LogP contribution in [0.2, 0.25) is 0 Å². The van der Waals surface area contributed by atoms with Gasteiger partial charge in [-0.3, -0.25) is 0 Å². The number of benzene rings is 3. The van der Waals surface area contributed by atoms with Crippen molar-refractivity contribution in [3.63, 3.8) is 0 Å². The fraction of sp³-hybridized carbons (Fsp3) is 0.364. The number of carbonyl (C=O) groups is 1. The van der Waals surface area contributed by atoms with Gasteiger partial charge in [-0.1, -0.05) is 0 Å². The van der Waals surface area contributed by atoms with Crippen molar-refractivity contribution in [2.24, 2.45) is 0 Å². The van der Waals surface area contributed by atoms with E-state index >= 15 is 0 Å². The third-order valence-electron chi connectivity index (χ3n) is 5.97. The summed E-state index contributed by atoms with van der Waals surface area (Å²) in [6.45, 7) is 6.95. The van der Waals surface area contributed by atoms with E-state index in [9.17, 15) is 4.79 Å². The molecule has 1 heterocycles. The summed E-state index contributed by atoms with van der Waals surface area (Å²) in [5.74, 6) is 3.64. The molecule has 0 saturated heterocycles. The van der Waals surface area contributed by atoms with E-state index in [0.717, 1.165) is 56.4 Å². The van der Waals surface area contributed by atoms with E-state index in [1.165, 1.54) is 0 Å². The molecule has 0 bridgehead atoms. The molecular weight excluding hydrogens is 570 g/mol. The first-order chi connectivity index (χ1) is 20.8. The molecule has 0 aliphatic heterocycles. The summed E-state index contributed by atoms with van der Waals surface area (Å²) in [7, 11) is 3.18. The van der Waals surface area contributed by atoms with Crippen molar-refractivity contribution in [3.8, 4) is 39.2 Å². The van der Waals surface area contributed by atoms with E-state index < -0.39 is 11.7 Å². The molecule has 230 valence electrons. The number of unbranched alkanes of at least 4 members (excludes halogenated alkanes) is 1. The Morgan fingerprint density at radius 2 is 1.37 bits per heavy atom. The van der Waals surface area contributed by atoms with Crippen LogP contribution in [0.15, 0.2) is 66.7 Å². The molecule has 0 spiro atoms. The van der Waals surface area contributed by atoms with Crippen LogP contribution >= 0.6 is 11.3 Å². The standard InChI is InChI=1S/C33H39NO8S/c1-33(2,3)42-32(35)34-18-6-7-19-38-24-12-14-26(15-13-24)41-30-28-17-16-27(40-22-37-5)20-29(28)43-31(30)23-8-10-25(11-9-23)39-21-36-4/h8-17,20H,6-7,18-19,21-22H2,1-5H3,(H,34,35). The van der Waals surface area contributed by atoms with Crippen LogP contribution in [-0.2, 0) is 14.2 Å². The van der Waals surface area contributed by atoms with Gasteiger partial charge in [0.25, 0.3) is 0 Å². The van der Waals surface area contributed by atoms with Gasteiger partial charge in [0.1, 0.15) is 28.6 Å². The number of thiophene rings is 1. The molecule has 10 heteroatoms. The van der Waals surface area contributed by atoms with E-state index in [1.54, 1.807) is 25.6 Å². The zero-order valence-corrected chi connectivity index (χ0v) is 26.1. The lowest BCUT2D eigenvalue weighted by Crippen LogP contribution is -2.33. The number of fused-ring (bicyclic) bond motifs is 1. The van der Waals surface area contributed by atoms with Gasteiger partial charge in [0.2, 0.25) is 0 Å². The molecular formula is C33H39NO8S. The molecule has 0 unspecified atom stereocenters. The van der Waals surface area contributed by atoms with Crippen molar-refractivity contribution in [1.82, 2.24) is 5.32 Å². The molecule has 1 N–H and O–H groups in total. The Morgan fingerprint density at radius 1 is 0.767 bits per heavy atom. The fourth-order valence-corrected chi connectivity index (χ4v) is 5.20. The second-order valence-electron chi connectivity index (χ2n) is 10.6. The summed E-state index contributed by atoms with van der Waals surface area (Å²) in [6, 6.07) is 21.3. The topological polar surface area (TPSA) is 93.7 Å². The zero-order valence-electron chi connectivity index (χ0n) is 25.3. The molecule has 1 amide bonds. The Morgan fingerprint density at radius 3 is 2.05 bits per heavy atom. The number of nitrogens with one attached hydrogen (secondary N) is 1. The average molecular weight is 610 g/mol. The van der Waals surface area contributed by atoms with Gasteiger partial charge in [-0.2, -0.15) is 0 Å². The minimum atomic E-state index is -0.505. The molecule has 0 aliphatic carbocycles. The first-order valence-electron chi connectivity index (χ1n) is 14.0.